The summed E-state index contributed by atoms with van der Waals surface area (Å²) in [5, 5.41) is 2.72. The molecule has 1 aromatic carbocycles. The molecule has 0 atom stereocenters. The number of amides is 1. The average molecular weight is 275 g/mol. The summed E-state index contributed by atoms with van der Waals surface area (Å²) in [6.45, 7) is 0. The van der Waals surface area contributed by atoms with Crippen LogP contribution in [0.25, 0.3) is 11.3 Å². The van der Waals surface area contributed by atoms with Crippen LogP contribution in [0.5, 0.6) is 0 Å². The van der Waals surface area contributed by atoms with Gasteiger partial charge in [0.15, 0.2) is 0 Å². The highest BCUT2D eigenvalue weighted by Crippen LogP contribution is 2.16. The van der Waals surface area contributed by atoms with Gasteiger partial charge in [0, 0.05) is 11.8 Å². The minimum Gasteiger partial charge on any atom is -0.305 e. The van der Waals surface area contributed by atoms with Crippen LogP contribution < -0.4 is 5.32 Å². The van der Waals surface area contributed by atoms with Crippen LogP contribution in [-0.2, 0) is 0 Å². The molecular weight excluding hydrogens is 262 g/mol. The van der Waals surface area contributed by atoms with Gasteiger partial charge in [-0.25, -0.2) is 9.97 Å². The highest BCUT2D eigenvalue weighted by molar-refractivity contribution is 6.02. The monoisotopic (exact) mass is 275 g/mol. The summed E-state index contributed by atoms with van der Waals surface area (Å²) in [7, 11) is 0. The van der Waals surface area contributed by atoms with Gasteiger partial charge in [0.25, 0.3) is 5.91 Å². The second-order valence-electron chi connectivity index (χ2n) is 4.44. The number of pyridine rings is 2. The van der Waals surface area contributed by atoms with Crippen molar-refractivity contribution >= 4 is 11.7 Å². The number of aromatic nitrogens is 2. The molecule has 2 aromatic heterocycles. The van der Waals surface area contributed by atoms with E-state index in [1.54, 1.807) is 24.4 Å². The second-order valence-corrected chi connectivity index (χ2v) is 4.44. The minimum absolute atomic E-state index is 0.272. The van der Waals surface area contributed by atoms with Crippen molar-refractivity contribution in [3.8, 4) is 11.3 Å². The van der Waals surface area contributed by atoms with Gasteiger partial charge >= 0.3 is 0 Å². The van der Waals surface area contributed by atoms with Crippen molar-refractivity contribution < 1.29 is 4.79 Å². The standard InChI is InChI=1S/C17H13N3O/c21-17(20-16-11-4-5-12-18-16)15-10-6-9-14(19-15)13-7-2-1-3-8-13/h1-12H,(H,18,20,21). The van der Waals surface area contributed by atoms with Crippen molar-refractivity contribution in [3.05, 3.63) is 78.6 Å². The molecule has 1 amide bonds. The third-order valence-corrected chi connectivity index (χ3v) is 2.96. The molecule has 102 valence electrons. The van der Waals surface area contributed by atoms with E-state index in [2.05, 4.69) is 15.3 Å². The number of nitrogens with zero attached hydrogens (tertiary/aromatic N) is 2. The summed E-state index contributed by atoms with van der Waals surface area (Å²) in [5.41, 5.74) is 2.11. The highest BCUT2D eigenvalue weighted by atomic mass is 16.1. The van der Waals surface area contributed by atoms with Crippen LogP contribution >= 0.6 is 0 Å². The Labute approximate surface area is 122 Å². The predicted molar refractivity (Wildman–Crippen MR) is 81.9 cm³/mol. The van der Waals surface area contributed by atoms with E-state index in [0.717, 1.165) is 11.3 Å². The number of nitrogens with one attached hydrogen (secondary N) is 1. The van der Waals surface area contributed by atoms with E-state index in [1.165, 1.54) is 0 Å². The molecule has 3 aromatic rings. The van der Waals surface area contributed by atoms with Crippen LogP contribution in [0, 0.1) is 0 Å². The summed E-state index contributed by atoms with van der Waals surface area (Å²) in [5.74, 6) is 0.237. The lowest BCUT2D eigenvalue weighted by Gasteiger charge is -2.05. The molecule has 3 rings (SSSR count). The normalized spacial score (nSPS) is 10.1. The lowest BCUT2D eigenvalue weighted by molar-refractivity contribution is 0.102. The summed E-state index contributed by atoms with van der Waals surface area (Å²) in [6.07, 6.45) is 1.63. The predicted octanol–water partition coefficient (Wildman–Crippen LogP) is 3.40. The van der Waals surface area contributed by atoms with E-state index in [0.29, 0.717) is 11.5 Å². The molecule has 1 N–H and O–H groups in total. The maximum absolute atomic E-state index is 12.2. The Balaban J connectivity index is 1.85. The van der Waals surface area contributed by atoms with Crippen LogP contribution in [0.15, 0.2) is 72.9 Å². The molecule has 0 saturated carbocycles. The highest BCUT2D eigenvalue weighted by Gasteiger charge is 2.09. The molecule has 4 heteroatoms. The van der Waals surface area contributed by atoms with Crippen molar-refractivity contribution in [1.29, 1.82) is 0 Å². The molecule has 0 fully saturated rings. The largest absolute Gasteiger partial charge is 0.305 e. The van der Waals surface area contributed by atoms with Gasteiger partial charge in [-0.3, -0.25) is 4.79 Å². The first-order chi connectivity index (χ1) is 10.3. The summed E-state index contributed by atoms with van der Waals surface area (Å²) in [4.78, 5) is 20.6. The van der Waals surface area contributed by atoms with Gasteiger partial charge in [-0.05, 0) is 24.3 Å². The van der Waals surface area contributed by atoms with Gasteiger partial charge in [0.05, 0.1) is 5.69 Å². The van der Waals surface area contributed by atoms with Crippen molar-refractivity contribution in [3.63, 3.8) is 0 Å². The number of carbonyl (C=O) groups excluding carboxylic acids is 1. The molecule has 4 nitrogen and oxygen atoms in total. The Kier molecular flexibility index (Phi) is 3.69. The SMILES string of the molecule is O=C(Nc1ccccn1)c1cccc(-c2ccccc2)n1. The van der Waals surface area contributed by atoms with E-state index in [9.17, 15) is 4.79 Å². The Bertz CT molecular complexity index is 742. The van der Waals surface area contributed by atoms with Crippen molar-refractivity contribution in [1.82, 2.24) is 9.97 Å². The fraction of sp³-hybridized carbons (Fsp3) is 0. The van der Waals surface area contributed by atoms with Gasteiger partial charge in [-0.15, -0.1) is 0 Å². The van der Waals surface area contributed by atoms with Gasteiger partial charge in [-0.1, -0.05) is 42.5 Å². The zero-order chi connectivity index (χ0) is 14.5. The zero-order valence-corrected chi connectivity index (χ0v) is 11.2. The molecule has 0 aliphatic rings. The Hall–Kier alpha value is -3.01. The molecule has 0 saturated heterocycles. The molecular formula is C17H13N3O. The van der Waals surface area contributed by atoms with Crippen molar-refractivity contribution in [2.75, 3.05) is 5.32 Å². The fourth-order valence-electron chi connectivity index (χ4n) is 1.95. The Morgan fingerprint density at radius 3 is 2.43 bits per heavy atom. The Morgan fingerprint density at radius 1 is 0.857 bits per heavy atom. The number of rotatable bonds is 3. The molecule has 0 unspecified atom stereocenters. The quantitative estimate of drug-likeness (QED) is 0.797. The van der Waals surface area contributed by atoms with Gasteiger partial charge in [0.2, 0.25) is 0 Å². The van der Waals surface area contributed by atoms with E-state index in [-0.39, 0.29) is 5.91 Å². The van der Waals surface area contributed by atoms with Gasteiger partial charge < -0.3 is 5.32 Å². The van der Waals surface area contributed by atoms with E-state index < -0.39 is 0 Å². The number of carbonyl (C=O) groups is 1. The van der Waals surface area contributed by atoms with Crippen LogP contribution in [-0.4, -0.2) is 15.9 Å². The molecule has 2 heterocycles. The van der Waals surface area contributed by atoms with Crippen LogP contribution in [0.1, 0.15) is 10.5 Å². The Morgan fingerprint density at radius 2 is 1.67 bits per heavy atom. The average Bonchev–Trinajstić information content (AvgIpc) is 2.57. The number of benzene rings is 1. The first-order valence-corrected chi connectivity index (χ1v) is 6.58. The molecule has 0 aliphatic carbocycles. The number of hydrogen-bond acceptors (Lipinski definition) is 3. The molecule has 0 aliphatic heterocycles. The maximum Gasteiger partial charge on any atom is 0.275 e. The minimum atomic E-state index is -0.272. The summed E-state index contributed by atoms with van der Waals surface area (Å²) in [6, 6.07) is 20.5. The van der Waals surface area contributed by atoms with Gasteiger partial charge in [0.1, 0.15) is 11.5 Å². The first-order valence-electron chi connectivity index (χ1n) is 6.58. The lowest BCUT2D eigenvalue weighted by Crippen LogP contribution is -2.14. The third kappa shape index (κ3) is 3.12. The summed E-state index contributed by atoms with van der Waals surface area (Å²) >= 11 is 0. The van der Waals surface area contributed by atoms with E-state index in [1.807, 2.05) is 48.5 Å². The van der Waals surface area contributed by atoms with E-state index in [4.69, 9.17) is 0 Å². The smallest absolute Gasteiger partial charge is 0.275 e. The topological polar surface area (TPSA) is 54.9 Å². The fourth-order valence-corrected chi connectivity index (χ4v) is 1.95. The zero-order valence-electron chi connectivity index (χ0n) is 11.2. The molecule has 0 radical (unpaired) electrons. The van der Waals surface area contributed by atoms with Crippen molar-refractivity contribution in [2.45, 2.75) is 0 Å². The van der Waals surface area contributed by atoms with Crippen LogP contribution in [0.2, 0.25) is 0 Å². The number of hydrogen-bond donors (Lipinski definition) is 1. The molecule has 0 spiro atoms. The van der Waals surface area contributed by atoms with Crippen molar-refractivity contribution in [2.24, 2.45) is 0 Å². The van der Waals surface area contributed by atoms with Crippen LogP contribution in [0.4, 0.5) is 5.82 Å². The number of anilines is 1. The van der Waals surface area contributed by atoms with Gasteiger partial charge in [-0.2, -0.15) is 0 Å². The first kappa shape index (κ1) is 13.0. The lowest BCUT2D eigenvalue weighted by atomic mass is 10.1. The maximum atomic E-state index is 12.2. The molecule has 21 heavy (non-hydrogen) atoms. The molecule has 0 bridgehead atoms. The van der Waals surface area contributed by atoms with E-state index >= 15 is 0 Å². The van der Waals surface area contributed by atoms with Crippen LogP contribution in [0.3, 0.4) is 0 Å². The third-order valence-electron chi connectivity index (χ3n) is 2.96. The second kappa shape index (κ2) is 5.96. The summed E-state index contributed by atoms with van der Waals surface area (Å²) < 4.78 is 0.